The second kappa shape index (κ2) is 6.55. The summed E-state index contributed by atoms with van der Waals surface area (Å²) in [5.41, 5.74) is 5.13. The first-order valence-electron chi connectivity index (χ1n) is 5.38. The minimum absolute atomic E-state index is 0.129. The lowest BCUT2D eigenvalue weighted by Crippen LogP contribution is -2.42. The van der Waals surface area contributed by atoms with Crippen molar-refractivity contribution in [2.45, 2.75) is 5.16 Å². The smallest absolute Gasteiger partial charge is 0.269 e. The zero-order valence-corrected chi connectivity index (χ0v) is 10.6. The predicted octanol–water partition coefficient (Wildman–Crippen LogP) is 0.358. The van der Waals surface area contributed by atoms with Crippen molar-refractivity contribution in [3.05, 3.63) is 42.2 Å². The first kappa shape index (κ1) is 13.1. The number of nitrogens with zero attached hydrogens (tertiary/aromatic N) is 2. The summed E-state index contributed by atoms with van der Waals surface area (Å²) in [5.74, 6) is -0.561. The molecule has 98 valence electrons. The molecule has 19 heavy (non-hydrogen) atoms. The maximum Gasteiger partial charge on any atom is 0.269 e. The molecule has 1 heterocycles. The first-order valence-corrected chi connectivity index (χ1v) is 6.36. The molecule has 0 atom stereocenters. The van der Waals surface area contributed by atoms with Crippen LogP contribution in [0.5, 0.6) is 0 Å². The Kier molecular flexibility index (Phi) is 4.51. The van der Waals surface area contributed by atoms with Gasteiger partial charge in [0.15, 0.2) is 5.16 Å². The Morgan fingerprint density at radius 2 is 2.00 bits per heavy atom. The number of H-pyrrole nitrogens is 1. The van der Waals surface area contributed by atoms with E-state index in [1.165, 1.54) is 18.1 Å². The van der Waals surface area contributed by atoms with Crippen molar-refractivity contribution < 1.29 is 9.59 Å². The fourth-order valence-corrected chi connectivity index (χ4v) is 1.80. The number of hydrazine groups is 1. The Morgan fingerprint density at radius 3 is 2.68 bits per heavy atom. The number of hydrogen-bond donors (Lipinski definition) is 3. The van der Waals surface area contributed by atoms with Crippen LogP contribution >= 0.6 is 11.8 Å². The highest BCUT2D eigenvalue weighted by Gasteiger charge is 2.07. The molecular formula is C11H11N5O2S. The third-order valence-corrected chi connectivity index (χ3v) is 2.96. The molecule has 7 nitrogen and oxygen atoms in total. The van der Waals surface area contributed by atoms with Gasteiger partial charge in [-0.3, -0.25) is 25.5 Å². The molecule has 2 aromatic rings. The van der Waals surface area contributed by atoms with E-state index in [1.54, 1.807) is 24.3 Å². The molecule has 2 rings (SSSR count). The van der Waals surface area contributed by atoms with Crippen LogP contribution in [0.4, 0.5) is 0 Å². The van der Waals surface area contributed by atoms with Crippen molar-refractivity contribution in [1.29, 1.82) is 0 Å². The summed E-state index contributed by atoms with van der Waals surface area (Å²) in [6.45, 7) is 0. The monoisotopic (exact) mass is 277 g/mol. The molecule has 2 amide bonds. The number of nitrogens with one attached hydrogen (secondary N) is 3. The number of amides is 2. The average molecular weight is 277 g/mol. The second-order valence-corrected chi connectivity index (χ2v) is 4.41. The maximum atomic E-state index is 11.6. The number of benzene rings is 1. The Hall–Kier alpha value is -2.35. The summed E-state index contributed by atoms with van der Waals surface area (Å²) < 4.78 is 0. The van der Waals surface area contributed by atoms with E-state index in [0.29, 0.717) is 10.7 Å². The topological polar surface area (TPSA) is 99.8 Å². The highest BCUT2D eigenvalue weighted by Crippen LogP contribution is 2.09. The molecule has 0 spiro atoms. The number of carbonyl (C=O) groups is 2. The van der Waals surface area contributed by atoms with Crippen molar-refractivity contribution in [3.63, 3.8) is 0 Å². The molecule has 1 aromatic carbocycles. The average Bonchev–Trinajstić information content (AvgIpc) is 2.96. The summed E-state index contributed by atoms with van der Waals surface area (Å²) in [6.07, 6.45) is 1.36. The molecule has 0 aliphatic heterocycles. The van der Waals surface area contributed by atoms with E-state index in [9.17, 15) is 9.59 Å². The number of thioether (sulfide) groups is 1. The molecule has 1 aromatic heterocycles. The van der Waals surface area contributed by atoms with Crippen molar-refractivity contribution in [2.24, 2.45) is 0 Å². The summed E-state index contributed by atoms with van der Waals surface area (Å²) in [6, 6.07) is 8.62. The Balaban J connectivity index is 1.73. The summed E-state index contributed by atoms with van der Waals surface area (Å²) in [7, 11) is 0. The number of aromatic amines is 1. The Labute approximate surface area is 113 Å². The maximum absolute atomic E-state index is 11.6. The summed E-state index contributed by atoms with van der Waals surface area (Å²) >= 11 is 1.19. The number of carbonyl (C=O) groups excluding carboxylic acids is 2. The van der Waals surface area contributed by atoms with Gasteiger partial charge in [-0.25, -0.2) is 4.98 Å². The lowest BCUT2D eigenvalue weighted by molar-refractivity contribution is -0.119. The highest BCUT2D eigenvalue weighted by molar-refractivity contribution is 7.99. The van der Waals surface area contributed by atoms with Crippen molar-refractivity contribution in [2.75, 3.05) is 5.75 Å². The molecule has 3 N–H and O–H groups in total. The number of rotatable bonds is 4. The predicted molar refractivity (Wildman–Crippen MR) is 69.2 cm³/mol. The molecule has 0 aliphatic carbocycles. The van der Waals surface area contributed by atoms with E-state index in [0.717, 1.165) is 0 Å². The van der Waals surface area contributed by atoms with Gasteiger partial charge in [-0.2, -0.15) is 5.10 Å². The third-order valence-electron chi connectivity index (χ3n) is 2.08. The van der Waals surface area contributed by atoms with Gasteiger partial charge < -0.3 is 0 Å². The molecule has 8 heteroatoms. The molecule has 0 saturated carbocycles. The van der Waals surface area contributed by atoms with Gasteiger partial charge in [-0.1, -0.05) is 30.0 Å². The van der Waals surface area contributed by atoms with Crippen LogP contribution in [-0.4, -0.2) is 32.7 Å². The van der Waals surface area contributed by atoms with Gasteiger partial charge in [-0.05, 0) is 12.1 Å². The third kappa shape index (κ3) is 4.11. The zero-order chi connectivity index (χ0) is 13.5. The van der Waals surface area contributed by atoms with E-state index < -0.39 is 0 Å². The molecule has 0 unspecified atom stereocenters. The van der Waals surface area contributed by atoms with Gasteiger partial charge in [0, 0.05) is 5.56 Å². The largest absolute Gasteiger partial charge is 0.272 e. The van der Waals surface area contributed by atoms with Crippen LogP contribution in [0.1, 0.15) is 10.4 Å². The Bertz CT molecular complexity index is 543. The normalized spacial score (nSPS) is 9.89. The van der Waals surface area contributed by atoms with Gasteiger partial charge in [-0.15, -0.1) is 0 Å². The van der Waals surface area contributed by atoms with Gasteiger partial charge >= 0.3 is 0 Å². The standard InChI is InChI=1S/C11H11N5O2S/c17-9(6-19-11-12-7-13-16-11)14-15-10(18)8-4-2-1-3-5-8/h1-5,7H,6H2,(H,14,17)(H,15,18)(H,12,13,16). The van der Waals surface area contributed by atoms with Crippen LogP contribution in [0.2, 0.25) is 0 Å². The van der Waals surface area contributed by atoms with E-state index in [4.69, 9.17) is 0 Å². The lowest BCUT2D eigenvalue weighted by Gasteiger charge is -2.06. The van der Waals surface area contributed by atoms with Gasteiger partial charge in [0.1, 0.15) is 6.33 Å². The molecule has 0 radical (unpaired) electrons. The van der Waals surface area contributed by atoms with Gasteiger partial charge in [0.25, 0.3) is 5.91 Å². The van der Waals surface area contributed by atoms with Crippen molar-refractivity contribution in [3.8, 4) is 0 Å². The van der Waals surface area contributed by atoms with Crippen LogP contribution in [0, 0.1) is 0 Å². The van der Waals surface area contributed by atoms with Gasteiger partial charge in [0.2, 0.25) is 5.91 Å². The molecule has 0 fully saturated rings. The zero-order valence-electron chi connectivity index (χ0n) is 9.79. The van der Waals surface area contributed by atoms with Crippen LogP contribution in [0.25, 0.3) is 0 Å². The molecule has 0 aliphatic rings. The van der Waals surface area contributed by atoms with Crippen molar-refractivity contribution >= 4 is 23.6 Å². The van der Waals surface area contributed by atoms with Crippen molar-refractivity contribution in [1.82, 2.24) is 26.0 Å². The molecule has 0 bridgehead atoms. The SMILES string of the molecule is O=C(CSc1ncn[nH]1)NNC(=O)c1ccccc1. The highest BCUT2D eigenvalue weighted by atomic mass is 32.2. The first-order chi connectivity index (χ1) is 9.25. The van der Waals surface area contributed by atoms with E-state index in [2.05, 4.69) is 26.0 Å². The fourth-order valence-electron chi connectivity index (χ4n) is 1.22. The van der Waals surface area contributed by atoms with Crippen LogP contribution in [0.15, 0.2) is 41.8 Å². The van der Waals surface area contributed by atoms with Crippen LogP contribution in [0.3, 0.4) is 0 Å². The quantitative estimate of drug-likeness (QED) is 0.553. The summed E-state index contributed by atoms with van der Waals surface area (Å²) in [5, 5.41) is 6.82. The van der Waals surface area contributed by atoms with E-state index in [-0.39, 0.29) is 17.6 Å². The summed E-state index contributed by atoms with van der Waals surface area (Å²) in [4.78, 5) is 26.9. The van der Waals surface area contributed by atoms with E-state index >= 15 is 0 Å². The number of hydrogen-bond acceptors (Lipinski definition) is 5. The second-order valence-electron chi connectivity index (χ2n) is 3.45. The van der Waals surface area contributed by atoms with Crippen LogP contribution in [-0.2, 0) is 4.79 Å². The fraction of sp³-hybridized carbons (Fsp3) is 0.0909. The van der Waals surface area contributed by atoms with Gasteiger partial charge in [0.05, 0.1) is 5.75 Å². The Morgan fingerprint density at radius 1 is 1.21 bits per heavy atom. The minimum atomic E-state index is -0.362. The number of aromatic nitrogens is 3. The van der Waals surface area contributed by atoms with Crippen LogP contribution < -0.4 is 10.9 Å². The molecule has 0 saturated heterocycles. The lowest BCUT2D eigenvalue weighted by atomic mass is 10.2. The van der Waals surface area contributed by atoms with E-state index in [1.807, 2.05) is 6.07 Å². The minimum Gasteiger partial charge on any atom is -0.272 e. The molecular weight excluding hydrogens is 266 g/mol.